The molecule has 0 unspecified atom stereocenters. The zero-order valence-corrected chi connectivity index (χ0v) is 18.0. The third-order valence-corrected chi connectivity index (χ3v) is 4.43. The van der Waals surface area contributed by atoms with Crippen LogP contribution in [0, 0.1) is 6.92 Å². The summed E-state index contributed by atoms with van der Waals surface area (Å²) in [6.07, 6.45) is 3.25. The summed E-state index contributed by atoms with van der Waals surface area (Å²) < 4.78 is 5.30. The summed E-state index contributed by atoms with van der Waals surface area (Å²) in [7, 11) is 0. The molecule has 5 nitrogen and oxygen atoms in total. The van der Waals surface area contributed by atoms with E-state index in [1.807, 2.05) is 31.2 Å². The average molecular weight is 417 g/mol. The molecule has 0 atom stereocenters. The van der Waals surface area contributed by atoms with E-state index in [-0.39, 0.29) is 24.3 Å². The summed E-state index contributed by atoms with van der Waals surface area (Å²) in [5.74, 6) is -0.584. The Morgan fingerprint density at radius 1 is 1.00 bits per heavy atom. The van der Waals surface area contributed by atoms with Crippen LogP contribution in [-0.4, -0.2) is 43.0 Å². The zero-order valence-electron chi connectivity index (χ0n) is 17.2. The highest BCUT2D eigenvalue weighted by molar-refractivity contribution is 6.02. The third-order valence-electron chi connectivity index (χ3n) is 4.43. The molecule has 1 amide bonds. The highest BCUT2D eigenvalue weighted by Crippen LogP contribution is 2.11. The van der Waals surface area contributed by atoms with Gasteiger partial charge in [-0.2, -0.15) is 0 Å². The molecule has 0 saturated carbocycles. The molecule has 0 fully saturated rings. The maximum absolute atomic E-state index is 12.1. The molecule has 29 heavy (non-hydrogen) atoms. The Balaban J connectivity index is 0.00000420. The molecular formula is C23H29ClN2O3. The quantitative estimate of drug-likeness (QED) is 0.480. The van der Waals surface area contributed by atoms with Crippen LogP contribution >= 0.6 is 12.4 Å². The van der Waals surface area contributed by atoms with E-state index in [0.717, 1.165) is 25.2 Å². The highest BCUT2D eigenvalue weighted by atomic mass is 35.5. The monoisotopic (exact) mass is 416 g/mol. The number of ether oxygens (including phenoxy) is 1. The van der Waals surface area contributed by atoms with Crippen molar-refractivity contribution < 1.29 is 14.3 Å². The van der Waals surface area contributed by atoms with Crippen molar-refractivity contribution in [2.24, 2.45) is 0 Å². The lowest BCUT2D eigenvalue weighted by atomic mass is 10.1. The fourth-order valence-electron chi connectivity index (χ4n) is 2.61. The van der Waals surface area contributed by atoms with E-state index in [1.54, 1.807) is 30.3 Å². The summed E-state index contributed by atoms with van der Waals surface area (Å²) in [5.41, 5.74) is 3.22. The second-order valence-electron chi connectivity index (χ2n) is 6.47. The van der Waals surface area contributed by atoms with Crippen molar-refractivity contribution in [3.63, 3.8) is 0 Å². The largest absolute Gasteiger partial charge is 0.461 e. The van der Waals surface area contributed by atoms with Crippen LogP contribution in [0.25, 0.3) is 6.08 Å². The van der Waals surface area contributed by atoms with Crippen LogP contribution in [0.1, 0.15) is 35.3 Å². The Morgan fingerprint density at radius 3 is 2.21 bits per heavy atom. The van der Waals surface area contributed by atoms with Crippen molar-refractivity contribution in [1.82, 2.24) is 4.90 Å². The molecule has 0 aliphatic heterocycles. The molecular weight excluding hydrogens is 388 g/mol. The fourth-order valence-corrected chi connectivity index (χ4v) is 2.61. The summed E-state index contributed by atoms with van der Waals surface area (Å²) in [6.45, 7) is 9.12. The van der Waals surface area contributed by atoms with Crippen molar-refractivity contribution in [3.8, 4) is 0 Å². The number of likely N-dealkylation sites (N-methyl/N-ethyl adjacent to an activating group) is 1. The number of carbonyl (C=O) groups excluding carboxylic acids is 2. The van der Waals surface area contributed by atoms with Gasteiger partial charge >= 0.3 is 5.97 Å². The lowest BCUT2D eigenvalue weighted by molar-refractivity contribution is -0.111. The first-order valence-electron chi connectivity index (χ1n) is 9.57. The number of esters is 1. The number of benzene rings is 2. The molecule has 156 valence electrons. The number of hydrogen-bond acceptors (Lipinski definition) is 4. The first-order valence-corrected chi connectivity index (χ1v) is 9.57. The van der Waals surface area contributed by atoms with E-state index in [2.05, 4.69) is 24.1 Å². The number of amides is 1. The van der Waals surface area contributed by atoms with E-state index in [1.165, 1.54) is 11.6 Å². The predicted molar refractivity (Wildman–Crippen MR) is 121 cm³/mol. The molecule has 6 heteroatoms. The van der Waals surface area contributed by atoms with Crippen molar-refractivity contribution in [1.29, 1.82) is 0 Å². The van der Waals surface area contributed by atoms with Gasteiger partial charge in [-0.25, -0.2) is 4.79 Å². The van der Waals surface area contributed by atoms with Crippen LogP contribution in [-0.2, 0) is 9.53 Å². The second kappa shape index (κ2) is 12.8. The Labute approximate surface area is 179 Å². The zero-order chi connectivity index (χ0) is 20.4. The van der Waals surface area contributed by atoms with Crippen LogP contribution in [0.15, 0.2) is 54.6 Å². The standard InChI is InChI=1S/C23H28N2O3.ClH/c1-4-25(5-2)16-17-28-23(27)20-11-13-21(14-12-20)24-22(26)15-10-19-8-6-18(3)7-9-19;/h6-15H,4-5,16-17H2,1-3H3,(H,24,26);1H. The van der Waals surface area contributed by atoms with E-state index in [4.69, 9.17) is 4.74 Å². The minimum atomic E-state index is -0.357. The number of hydrogen-bond donors (Lipinski definition) is 1. The topological polar surface area (TPSA) is 58.6 Å². The maximum Gasteiger partial charge on any atom is 0.338 e. The number of aryl methyl sites for hydroxylation is 1. The molecule has 2 aromatic carbocycles. The number of nitrogens with zero attached hydrogens (tertiary/aromatic N) is 1. The Morgan fingerprint density at radius 2 is 1.62 bits per heavy atom. The highest BCUT2D eigenvalue weighted by Gasteiger charge is 2.08. The van der Waals surface area contributed by atoms with Gasteiger partial charge in [-0.05, 0) is 55.9 Å². The first-order chi connectivity index (χ1) is 13.5. The van der Waals surface area contributed by atoms with Crippen LogP contribution in [0.3, 0.4) is 0 Å². The van der Waals surface area contributed by atoms with Crippen molar-refractivity contribution in [2.75, 3.05) is 31.6 Å². The number of rotatable bonds is 9. The predicted octanol–water partition coefficient (Wildman–Crippen LogP) is 4.57. The average Bonchev–Trinajstić information content (AvgIpc) is 2.71. The van der Waals surface area contributed by atoms with Gasteiger partial charge in [0.05, 0.1) is 5.56 Å². The van der Waals surface area contributed by atoms with Gasteiger partial charge in [0, 0.05) is 18.3 Å². The second-order valence-corrected chi connectivity index (χ2v) is 6.47. The smallest absolute Gasteiger partial charge is 0.338 e. The summed E-state index contributed by atoms with van der Waals surface area (Å²) in [6, 6.07) is 14.6. The SMILES string of the molecule is CCN(CC)CCOC(=O)c1ccc(NC(=O)C=Cc2ccc(C)cc2)cc1.Cl. The molecule has 0 aliphatic rings. The fraction of sp³-hybridized carbons (Fsp3) is 0.304. The van der Waals surface area contributed by atoms with Crippen LogP contribution in [0.2, 0.25) is 0 Å². The summed E-state index contributed by atoms with van der Waals surface area (Å²) in [4.78, 5) is 26.3. The van der Waals surface area contributed by atoms with Crippen LogP contribution in [0.5, 0.6) is 0 Å². The normalized spacial score (nSPS) is 10.6. The Kier molecular flexibility index (Phi) is 10.7. The van der Waals surface area contributed by atoms with Crippen LogP contribution in [0.4, 0.5) is 5.69 Å². The lowest BCUT2D eigenvalue weighted by Crippen LogP contribution is -2.27. The maximum atomic E-state index is 12.1. The Bertz CT molecular complexity index is 798. The molecule has 1 N–H and O–H groups in total. The molecule has 0 saturated heterocycles. The van der Waals surface area contributed by atoms with Gasteiger partial charge in [0.2, 0.25) is 5.91 Å². The number of halogens is 1. The van der Waals surface area contributed by atoms with Gasteiger partial charge < -0.3 is 15.0 Å². The lowest BCUT2D eigenvalue weighted by Gasteiger charge is -2.17. The molecule has 2 rings (SSSR count). The van der Waals surface area contributed by atoms with Gasteiger partial charge in [-0.1, -0.05) is 43.7 Å². The minimum Gasteiger partial charge on any atom is -0.461 e. The van der Waals surface area contributed by atoms with Gasteiger partial charge in [0.15, 0.2) is 0 Å². The van der Waals surface area contributed by atoms with E-state index >= 15 is 0 Å². The molecule has 0 aromatic heterocycles. The van der Waals surface area contributed by atoms with E-state index in [9.17, 15) is 9.59 Å². The van der Waals surface area contributed by atoms with Gasteiger partial charge in [0.1, 0.15) is 6.61 Å². The summed E-state index contributed by atoms with van der Waals surface area (Å²) in [5, 5.41) is 2.78. The van der Waals surface area contributed by atoms with Crippen LogP contribution < -0.4 is 5.32 Å². The number of nitrogens with one attached hydrogen (secondary N) is 1. The molecule has 0 radical (unpaired) electrons. The first kappa shape index (κ1) is 24.4. The van der Waals surface area contributed by atoms with Crippen molar-refractivity contribution >= 4 is 36.0 Å². The molecule has 0 heterocycles. The van der Waals surface area contributed by atoms with E-state index in [0.29, 0.717) is 17.9 Å². The minimum absolute atomic E-state index is 0. The third kappa shape index (κ3) is 8.50. The molecule has 2 aromatic rings. The van der Waals surface area contributed by atoms with Gasteiger partial charge in [-0.15, -0.1) is 12.4 Å². The van der Waals surface area contributed by atoms with Crippen molar-refractivity contribution in [3.05, 3.63) is 71.3 Å². The van der Waals surface area contributed by atoms with Gasteiger partial charge in [-0.3, -0.25) is 4.79 Å². The van der Waals surface area contributed by atoms with E-state index < -0.39 is 0 Å². The van der Waals surface area contributed by atoms with Crippen molar-refractivity contribution in [2.45, 2.75) is 20.8 Å². The number of anilines is 1. The number of carbonyl (C=O) groups is 2. The van der Waals surface area contributed by atoms with Gasteiger partial charge in [0.25, 0.3) is 0 Å². The molecule has 0 bridgehead atoms. The Hall–Kier alpha value is -2.63. The molecule has 0 spiro atoms. The molecule has 0 aliphatic carbocycles. The summed E-state index contributed by atoms with van der Waals surface area (Å²) >= 11 is 0.